The van der Waals surface area contributed by atoms with Crippen LogP contribution in [0.25, 0.3) is 0 Å². The summed E-state index contributed by atoms with van der Waals surface area (Å²) in [6.45, 7) is 6.78. The van der Waals surface area contributed by atoms with Gasteiger partial charge in [0, 0.05) is 19.2 Å². The SMILES string of the molecule is CCS(=O)(=O)c1ccc(NC(=O)CCCc2ccc(B(O)O)cc2)cc1CN(C)C(=O)OC(C)(C)C. The van der Waals surface area contributed by atoms with Crippen molar-refractivity contribution >= 4 is 40.1 Å². The Morgan fingerprint density at radius 3 is 2.28 bits per heavy atom. The molecule has 2 rings (SSSR count). The molecule has 3 N–H and O–H groups in total. The number of hydrogen-bond donors (Lipinski definition) is 3. The van der Waals surface area contributed by atoms with Gasteiger partial charge in [0.05, 0.1) is 17.2 Å². The Labute approximate surface area is 213 Å². The number of carbonyl (C=O) groups is 2. The van der Waals surface area contributed by atoms with Crippen molar-refractivity contribution in [2.45, 2.75) is 64.0 Å². The molecule has 36 heavy (non-hydrogen) atoms. The Kier molecular flexibility index (Phi) is 10.1. The molecule has 0 heterocycles. The largest absolute Gasteiger partial charge is 0.488 e. The van der Waals surface area contributed by atoms with Crippen LogP contribution in [0.4, 0.5) is 10.5 Å². The highest BCUT2D eigenvalue weighted by Gasteiger charge is 2.23. The van der Waals surface area contributed by atoms with E-state index >= 15 is 0 Å². The first kappa shape index (κ1) is 29.3. The van der Waals surface area contributed by atoms with Crippen molar-refractivity contribution in [2.24, 2.45) is 0 Å². The molecule has 0 unspecified atom stereocenters. The molecular weight excluding hydrogens is 483 g/mol. The Morgan fingerprint density at radius 2 is 1.72 bits per heavy atom. The quantitative estimate of drug-likeness (QED) is 0.412. The van der Waals surface area contributed by atoms with Gasteiger partial charge >= 0.3 is 13.2 Å². The van der Waals surface area contributed by atoms with Crippen molar-refractivity contribution in [2.75, 3.05) is 18.1 Å². The number of carbonyl (C=O) groups excluding carboxylic acids is 2. The van der Waals surface area contributed by atoms with Crippen LogP contribution < -0.4 is 10.8 Å². The summed E-state index contributed by atoms with van der Waals surface area (Å²) in [4.78, 5) is 26.3. The summed E-state index contributed by atoms with van der Waals surface area (Å²) in [5, 5.41) is 21.1. The number of ether oxygens (including phenoxy) is 1. The van der Waals surface area contributed by atoms with E-state index < -0.39 is 28.6 Å². The van der Waals surface area contributed by atoms with Crippen molar-refractivity contribution in [1.82, 2.24) is 4.90 Å². The number of benzene rings is 2. The minimum absolute atomic E-state index is 0.00821. The average Bonchev–Trinajstić information content (AvgIpc) is 2.78. The topological polar surface area (TPSA) is 133 Å². The van der Waals surface area contributed by atoms with Gasteiger partial charge in [-0.3, -0.25) is 4.79 Å². The predicted octanol–water partition coefficient (Wildman–Crippen LogP) is 2.49. The fraction of sp³-hybridized carbons (Fsp3) is 0.440. The number of aryl methyl sites for hydroxylation is 1. The molecular formula is C25H35BN2O7S. The zero-order chi connectivity index (χ0) is 27.1. The zero-order valence-corrected chi connectivity index (χ0v) is 22.3. The van der Waals surface area contributed by atoms with Gasteiger partial charge in [-0.25, -0.2) is 13.2 Å². The number of sulfone groups is 1. The number of amides is 2. The van der Waals surface area contributed by atoms with E-state index in [1.165, 1.54) is 24.1 Å². The molecule has 11 heteroatoms. The molecule has 0 saturated carbocycles. The lowest BCUT2D eigenvalue weighted by molar-refractivity contribution is -0.116. The number of hydrogen-bond acceptors (Lipinski definition) is 7. The van der Waals surface area contributed by atoms with Gasteiger partial charge in [0.2, 0.25) is 5.91 Å². The van der Waals surface area contributed by atoms with Crippen LogP contribution in [0.2, 0.25) is 0 Å². The van der Waals surface area contributed by atoms with Crippen LogP contribution in [0, 0.1) is 0 Å². The second kappa shape index (κ2) is 12.4. The van der Waals surface area contributed by atoms with Crippen LogP contribution in [0.15, 0.2) is 47.4 Å². The molecule has 2 amide bonds. The van der Waals surface area contributed by atoms with Crippen molar-refractivity contribution < 1.29 is 32.8 Å². The van der Waals surface area contributed by atoms with E-state index in [0.717, 1.165) is 5.56 Å². The van der Waals surface area contributed by atoms with Gasteiger partial charge in [0.25, 0.3) is 0 Å². The predicted molar refractivity (Wildman–Crippen MR) is 140 cm³/mol. The molecule has 2 aromatic rings. The van der Waals surface area contributed by atoms with E-state index in [2.05, 4.69) is 5.32 Å². The third kappa shape index (κ3) is 8.96. The molecule has 9 nitrogen and oxygen atoms in total. The standard InChI is InChI=1S/C25H35BN2O7S/c1-6-36(33,34)22-15-14-21(16-19(22)17-28(5)24(30)35-25(2,3)4)27-23(29)9-7-8-18-10-12-20(13-11-18)26(31)32/h10-16,31-32H,6-9,17H2,1-5H3,(H,27,29). The summed E-state index contributed by atoms with van der Waals surface area (Å²) in [5.74, 6) is -0.324. The highest BCUT2D eigenvalue weighted by molar-refractivity contribution is 7.91. The van der Waals surface area contributed by atoms with E-state index in [4.69, 9.17) is 14.8 Å². The number of nitrogens with zero attached hydrogens (tertiary/aromatic N) is 1. The van der Waals surface area contributed by atoms with Crippen molar-refractivity contribution in [3.8, 4) is 0 Å². The lowest BCUT2D eigenvalue weighted by Crippen LogP contribution is -2.34. The molecule has 0 atom stereocenters. The van der Waals surface area contributed by atoms with Crippen molar-refractivity contribution in [3.63, 3.8) is 0 Å². The van der Waals surface area contributed by atoms with E-state index in [0.29, 0.717) is 29.6 Å². The first-order valence-electron chi connectivity index (χ1n) is 11.8. The van der Waals surface area contributed by atoms with Gasteiger partial charge in [-0.05, 0) is 68.4 Å². The first-order chi connectivity index (χ1) is 16.7. The van der Waals surface area contributed by atoms with Gasteiger partial charge in [0.15, 0.2) is 9.84 Å². The fourth-order valence-electron chi connectivity index (χ4n) is 3.43. The normalized spacial score (nSPS) is 11.6. The van der Waals surface area contributed by atoms with Gasteiger partial charge < -0.3 is 25.0 Å². The van der Waals surface area contributed by atoms with E-state index in [1.807, 2.05) is 0 Å². The third-order valence-corrected chi connectivity index (χ3v) is 7.15. The summed E-state index contributed by atoms with van der Waals surface area (Å²) < 4.78 is 30.6. The second-order valence-corrected chi connectivity index (χ2v) is 11.8. The monoisotopic (exact) mass is 518 g/mol. The molecule has 0 radical (unpaired) electrons. The maximum atomic E-state index is 12.6. The van der Waals surface area contributed by atoms with E-state index in [1.54, 1.807) is 58.0 Å². The molecule has 0 spiro atoms. The lowest BCUT2D eigenvalue weighted by atomic mass is 9.80. The first-order valence-corrected chi connectivity index (χ1v) is 13.4. The molecule has 0 bridgehead atoms. The Morgan fingerprint density at radius 1 is 1.08 bits per heavy atom. The van der Waals surface area contributed by atoms with Crippen molar-refractivity contribution in [3.05, 3.63) is 53.6 Å². The summed E-state index contributed by atoms with van der Waals surface area (Å²) in [7, 11) is -3.55. The molecule has 0 aliphatic heterocycles. The Balaban J connectivity index is 2.08. The van der Waals surface area contributed by atoms with Gasteiger partial charge in [-0.2, -0.15) is 0 Å². The van der Waals surface area contributed by atoms with Crippen LogP contribution in [0.5, 0.6) is 0 Å². The van der Waals surface area contributed by atoms with Crippen LogP contribution in [-0.4, -0.2) is 60.9 Å². The number of nitrogens with one attached hydrogen (secondary N) is 1. The van der Waals surface area contributed by atoms with Gasteiger partial charge in [-0.15, -0.1) is 0 Å². The van der Waals surface area contributed by atoms with Crippen molar-refractivity contribution in [1.29, 1.82) is 0 Å². The highest BCUT2D eigenvalue weighted by atomic mass is 32.2. The Hall–Kier alpha value is -2.89. The maximum absolute atomic E-state index is 12.6. The molecule has 2 aromatic carbocycles. The zero-order valence-electron chi connectivity index (χ0n) is 21.4. The average molecular weight is 518 g/mol. The smallest absolute Gasteiger partial charge is 0.444 e. The summed E-state index contributed by atoms with van der Waals surface area (Å²) in [6, 6.07) is 11.4. The molecule has 0 fully saturated rings. The fourth-order valence-corrected chi connectivity index (χ4v) is 4.54. The lowest BCUT2D eigenvalue weighted by Gasteiger charge is -2.25. The van der Waals surface area contributed by atoms with Gasteiger partial charge in [-0.1, -0.05) is 31.2 Å². The van der Waals surface area contributed by atoms with Crippen LogP contribution in [0.3, 0.4) is 0 Å². The number of rotatable bonds is 10. The second-order valence-electron chi connectivity index (χ2n) is 9.58. The summed E-state index contributed by atoms with van der Waals surface area (Å²) in [5.41, 5.74) is 1.49. The minimum Gasteiger partial charge on any atom is -0.444 e. The van der Waals surface area contributed by atoms with Crippen LogP contribution in [0.1, 0.15) is 51.7 Å². The Bertz CT molecular complexity index is 1160. The number of anilines is 1. The highest BCUT2D eigenvalue weighted by Crippen LogP contribution is 2.24. The van der Waals surface area contributed by atoms with E-state index in [9.17, 15) is 18.0 Å². The summed E-state index contributed by atoms with van der Waals surface area (Å²) in [6.07, 6.45) is 0.864. The molecule has 196 valence electrons. The summed E-state index contributed by atoms with van der Waals surface area (Å²) >= 11 is 0. The van der Waals surface area contributed by atoms with Gasteiger partial charge in [0.1, 0.15) is 5.60 Å². The van der Waals surface area contributed by atoms with E-state index in [-0.39, 0.29) is 29.5 Å². The molecule has 0 saturated heterocycles. The maximum Gasteiger partial charge on any atom is 0.488 e. The third-order valence-electron chi connectivity index (χ3n) is 5.32. The molecule has 0 aromatic heterocycles. The molecule has 0 aliphatic rings. The minimum atomic E-state index is -3.56. The van der Waals surface area contributed by atoms with Crippen LogP contribution in [-0.2, 0) is 32.3 Å². The molecule has 0 aliphatic carbocycles. The van der Waals surface area contributed by atoms with Crippen LogP contribution >= 0.6 is 0 Å².